The third-order valence-electron chi connectivity index (χ3n) is 4.97. The minimum atomic E-state index is -0.511. The molecule has 1 N–H and O–H groups in total. The lowest BCUT2D eigenvalue weighted by Crippen LogP contribution is -2.32. The quantitative estimate of drug-likeness (QED) is 0.635. The Labute approximate surface area is 163 Å². The Balaban J connectivity index is 1.83. The van der Waals surface area contributed by atoms with Crippen LogP contribution in [0.3, 0.4) is 0 Å². The van der Waals surface area contributed by atoms with Gasteiger partial charge in [-0.3, -0.25) is 19.7 Å². The molecule has 7 heteroatoms. The number of hydrogen-bond donors (Lipinski definition) is 1. The van der Waals surface area contributed by atoms with Crippen molar-refractivity contribution in [3.8, 4) is 0 Å². The molecular formula is C21H23N3O4. The van der Waals surface area contributed by atoms with Crippen LogP contribution < -0.4 is 5.32 Å². The highest BCUT2D eigenvalue weighted by Crippen LogP contribution is 2.23. The maximum absolute atomic E-state index is 13.0. The summed E-state index contributed by atoms with van der Waals surface area (Å²) < 4.78 is 0. The highest BCUT2D eigenvalue weighted by Gasteiger charge is 2.21. The van der Waals surface area contributed by atoms with E-state index in [1.807, 2.05) is 4.90 Å². The van der Waals surface area contributed by atoms with Gasteiger partial charge in [0.15, 0.2) is 0 Å². The van der Waals surface area contributed by atoms with Crippen LogP contribution in [0, 0.1) is 17.0 Å². The van der Waals surface area contributed by atoms with Crippen molar-refractivity contribution >= 4 is 23.2 Å². The van der Waals surface area contributed by atoms with E-state index in [4.69, 9.17) is 0 Å². The zero-order valence-corrected chi connectivity index (χ0v) is 15.8. The number of nitrogens with one attached hydrogen (secondary N) is 1. The first kappa shape index (κ1) is 19.5. The number of hydrogen-bond acceptors (Lipinski definition) is 4. The second-order valence-electron chi connectivity index (χ2n) is 6.96. The number of benzene rings is 2. The fourth-order valence-corrected chi connectivity index (χ4v) is 3.36. The number of para-hydroxylation sites is 1. The fraction of sp³-hybridized carbons (Fsp3) is 0.333. The van der Waals surface area contributed by atoms with Crippen molar-refractivity contribution in [2.45, 2.75) is 32.6 Å². The Bertz CT molecular complexity index is 902. The van der Waals surface area contributed by atoms with Crippen LogP contribution in [-0.4, -0.2) is 34.7 Å². The van der Waals surface area contributed by atoms with Crippen molar-refractivity contribution in [1.29, 1.82) is 0 Å². The molecule has 1 heterocycles. The topological polar surface area (TPSA) is 92.6 Å². The molecule has 0 saturated carbocycles. The number of carbonyl (C=O) groups excluding carboxylic acids is 2. The van der Waals surface area contributed by atoms with Crippen molar-refractivity contribution in [3.05, 3.63) is 69.3 Å². The first-order valence-corrected chi connectivity index (χ1v) is 9.42. The van der Waals surface area contributed by atoms with Gasteiger partial charge in [-0.1, -0.05) is 31.0 Å². The van der Waals surface area contributed by atoms with E-state index in [-0.39, 0.29) is 17.2 Å². The summed E-state index contributed by atoms with van der Waals surface area (Å²) in [5.41, 5.74) is 1.39. The Hall–Kier alpha value is -3.22. The molecule has 28 heavy (non-hydrogen) atoms. The third-order valence-corrected chi connectivity index (χ3v) is 4.97. The van der Waals surface area contributed by atoms with Gasteiger partial charge in [0.2, 0.25) is 0 Å². The van der Waals surface area contributed by atoms with Gasteiger partial charge in [-0.2, -0.15) is 0 Å². The lowest BCUT2D eigenvalue weighted by Gasteiger charge is -2.22. The Morgan fingerprint density at radius 3 is 2.39 bits per heavy atom. The third kappa shape index (κ3) is 4.36. The van der Waals surface area contributed by atoms with E-state index in [1.54, 1.807) is 37.3 Å². The molecule has 3 rings (SSSR count). The van der Waals surface area contributed by atoms with Gasteiger partial charge in [-0.25, -0.2) is 0 Å². The molecule has 2 aromatic rings. The number of nitro benzene ring substituents is 1. The predicted molar refractivity (Wildman–Crippen MR) is 107 cm³/mol. The van der Waals surface area contributed by atoms with Crippen LogP contribution in [0.2, 0.25) is 0 Å². The molecule has 1 saturated heterocycles. The summed E-state index contributed by atoms with van der Waals surface area (Å²) in [5.74, 6) is -0.591. The highest BCUT2D eigenvalue weighted by molar-refractivity contribution is 6.09. The molecule has 7 nitrogen and oxygen atoms in total. The number of likely N-dealkylation sites (tertiary alicyclic amines) is 1. The van der Waals surface area contributed by atoms with Crippen molar-refractivity contribution < 1.29 is 14.5 Å². The number of amides is 2. The van der Waals surface area contributed by atoms with E-state index in [0.717, 1.165) is 25.7 Å². The van der Waals surface area contributed by atoms with Gasteiger partial charge in [-0.05, 0) is 38.0 Å². The van der Waals surface area contributed by atoms with Crippen molar-refractivity contribution in [1.82, 2.24) is 4.90 Å². The summed E-state index contributed by atoms with van der Waals surface area (Å²) in [6.45, 7) is 3.05. The van der Waals surface area contributed by atoms with Gasteiger partial charge in [0.05, 0.1) is 16.2 Å². The number of aryl methyl sites for hydroxylation is 1. The molecule has 0 atom stereocenters. The van der Waals surface area contributed by atoms with Crippen LogP contribution in [0.4, 0.5) is 11.4 Å². The van der Waals surface area contributed by atoms with E-state index in [1.165, 1.54) is 12.1 Å². The molecule has 0 bridgehead atoms. The minimum absolute atomic E-state index is 0.104. The van der Waals surface area contributed by atoms with Crippen LogP contribution in [-0.2, 0) is 0 Å². The zero-order chi connectivity index (χ0) is 20.1. The molecule has 0 aliphatic carbocycles. The van der Waals surface area contributed by atoms with Gasteiger partial charge < -0.3 is 10.2 Å². The average Bonchev–Trinajstić information content (AvgIpc) is 2.97. The molecule has 0 unspecified atom stereocenters. The number of rotatable bonds is 4. The van der Waals surface area contributed by atoms with Crippen molar-refractivity contribution in [3.63, 3.8) is 0 Å². The molecule has 0 radical (unpaired) electrons. The Morgan fingerprint density at radius 1 is 1.04 bits per heavy atom. The maximum atomic E-state index is 13.0. The van der Waals surface area contributed by atoms with Crippen molar-refractivity contribution in [2.75, 3.05) is 18.4 Å². The van der Waals surface area contributed by atoms with Crippen LogP contribution in [0.1, 0.15) is 52.0 Å². The summed E-state index contributed by atoms with van der Waals surface area (Å²) in [4.78, 5) is 38.1. The molecule has 1 aliphatic heterocycles. The number of carbonyl (C=O) groups is 2. The molecule has 0 spiro atoms. The zero-order valence-electron chi connectivity index (χ0n) is 15.8. The van der Waals surface area contributed by atoms with Crippen molar-refractivity contribution in [2.24, 2.45) is 0 Å². The lowest BCUT2D eigenvalue weighted by atomic mass is 10.1. The number of nitro groups is 1. The van der Waals surface area contributed by atoms with Gasteiger partial charge >= 0.3 is 0 Å². The van der Waals surface area contributed by atoms with E-state index < -0.39 is 10.8 Å². The second kappa shape index (κ2) is 8.65. The first-order chi connectivity index (χ1) is 13.5. The summed E-state index contributed by atoms with van der Waals surface area (Å²) in [6, 6.07) is 11.2. The largest absolute Gasteiger partial charge is 0.339 e. The molecule has 2 amide bonds. The van der Waals surface area contributed by atoms with Crippen LogP contribution >= 0.6 is 0 Å². The summed E-state index contributed by atoms with van der Waals surface area (Å²) in [6.07, 6.45) is 4.20. The fourth-order valence-electron chi connectivity index (χ4n) is 3.36. The predicted octanol–water partition coefficient (Wildman–Crippen LogP) is 4.17. The lowest BCUT2D eigenvalue weighted by molar-refractivity contribution is -0.385. The van der Waals surface area contributed by atoms with Crippen LogP contribution in [0.25, 0.3) is 0 Å². The normalized spacial score (nSPS) is 14.2. The first-order valence-electron chi connectivity index (χ1n) is 9.42. The van der Waals surface area contributed by atoms with Crippen LogP contribution in [0.15, 0.2) is 42.5 Å². The van der Waals surface area contributed by atoms with Gasteiger partial charge in [0.1, 0.15) is 0 Å². The molecule has 146 valence electrons. The van der Waals surface area contributed by atoms with Crippen LogP contribution in [0.5, 0.6) is 0 Å². The number of nitrogens with zero attached hydrogens (tertiary/aromatic N) is 2. The number of anilines is 1. The second-order valence-corrected chi connectivity index (χ2v) is 6.96. The maximum Gasteiger partial charge on any atom is 0.273 e. The summed E-state index contributed by atoms with van der Waals surface area (Å²) >= 11 is 0. The minimum Gasteiger partial charge on any atom is -0.339 e. The molecular weight excluding hydrogens is 358 g/mol. The summed E-state index contributed by atoms with van der Waals surface area (Å²) in [5, 5.41) is 13.9. The SMILES string of the molecule is Cc1ccc(C(=O)Nc2ccccc2C(=O)N2CCCCCC2)cc1[N+](=O)[O-]. The molecule has 2 aromatic carbocycles. The van der Waals surface area contributed by atoms with Gasteiger partial charge in [0, 0.05) is 30.3 Å². The highest BCUT2D eigenvalue weighted by atomic mass is 16.6. The Morgan fingerprint density at radius 2 is 1.71 bits per heavy atom. The van der Waals surface area contributed by atoms with E-state index >= 15 is 0 Å². The molecule has 0 aromatic heterocycles. The monoisotopic (exact) mass is 381 g/mol. The summed E-state index contributed by atoms with van der Waals surface area (Å²) in [7, 11) is 0. The van der Waals surface area contributed by atoms with E-state index in [0.29, 0.717) is 29.9 Å². The average molecular weight is 381 g/mol. The molecule has 1 fully saturated rings. The molecule has 1 aliphatic rings. The van der Waals surface area contributed by atoms with E-state index in [2.05, 4.69) is 5.32 Å². The van der Waals surface area contributed by atoms with E-state index in [9.17, 15) is 19.7 Å². The van der Waals surface area contributed by atoms with Gasteiger partial charge in [-0.15, -0.1) is 0 Å². The van der Waals surface area contributed by atoms with Gasteiger partial charge in [0.25, 0.3) is 17.5 Å². The standard InChI is InChI=1S/C21H23N3O4/c1-15-10-11-16(14-19(15)24(27)28)20(25)22-18-9-5-4-8-17(18)21(26)23-12-6-2-3-7-13-23/h4-5,8-11,14H,2-3,6-7,12-13H2,1H3,(H,22,25). The Kier molecular flexibility index (Phi) is 6.03. The smallest absolute Gasteiger partial charge is 0.273 e.